The zero-order chi connectivity index (χ0) is 12.5. The Hall–Kier alpha value is -0.570. The van der Waals surface area contributed by atoms with Gasteiger partial charge in [0.2, 0.25) is 5.91 Å². The lowest BCUT2D eigenvalue weighted by molar-refractivity contribution is -0.131. The third-order valence-corrected chi connectivity index (χ3v) is 3.37. The van der Waals surface area contributed by atoms with Crippen molar-refractivity contribution in [2.75, 3.05) is 26.2 Å². The molecule has 3 heteroatoms. The fourth-order valence-corrected chi connectivity index (χ4v) is 2.25. The number of hydrogen-bond donors (Lipinski definition) is 1. The number of likely N-dealkylation sites (tertiary alicyclic amines) is 1. The second kappa shape index (κ2) is 8.51. The van der Waals surface area contributed by atoms with Crippen LogP contribution in [-0.4, -0.2) is 37.0 Å². The molecule has 0 aliphatic carbocycles. The first-order valence-corrected chi connectivity index (χ1v) is 7.18. The summed E-state index contributed by atoms with van der Waals surface area (Å²) in [5, 5.41) is 3.26. The lowest BCUT2D eigenvalue weighted by Gasteiger charge is -2.26. The van der Waals surface area contributed by atoms with Crippen LogP contribution in [0.5, 0.6) is 0 Å². The summed E-state index contributed by atoms with van der Waals surface area (Å²) in [6.07, 6.45) is 7.39. The zero-order valence-corrected chi connectivity index (χ0v) is 11.5. The molecule has 0 aromatic carbocycles. The van der Waals surface area contributed by atoms with Crippen LogP contribution in [0.25, 0.3) is 0 Å². The minimum absolute atomic E-state index is 0.286. The van der Waals surface area contributed by atoms with E-state index in [4.69, 9.17) is 0 Å². The molecule has 1 saturated heterocycles. The number of hydrogen-bond acceptors (Lipinski definition) is 2. The second-order valence-corrected chi connectivity index (χ2v) is 5.51. The zero-order valence-electron chi connectivity index (χ0n) is 11.5. The summed E-state index contributed by atoms with van der Waals surface area (Å²) in [5.74, 6) is 1.08. The summed E-state index contributed by atoms with van der Waals surface area (Å²) in [4.78, 5) is 13.8. The molecule has 0 atom stereocenters. The molecule has 1 aliphatic heterocycles. The molecule has 1 N–H and O–H groups in total. The fraction of sp³-hybridized carbons (Fsp3) is 0.929. The molecule has 1 aliphatic rings. The van der Waals surface area contributed by atoms with E-state index in [0.29, 0.717) is 6.54 Å². The highest BCUT2D eigenvalue weighted by Crippen LogP contribution is 2.08. The van der Waals surface area contributed by atoms with Crippen molar-refractivity contribution in [1.29, 1.82) is 0 Å². The Kier molecular flexibility index (Phi) is 7.25. The average molecular weight is 240 g/mol. The first-order chi connectivity index (χ1) is 8.20. The SMILES string of the molecule is CC(C)CCCCNCC(=O)N1CCCCC1. The van der Waals surface area contributed by atoms with E-state index >= 15 is 0 Å². The monoisotopic (exact) mass is 240 g/mol. The number of unbranched alkanes of at least 4 members (excludes halogenated alkanes) is 1. The van der Waals surface area contributed by atoms with Crippen LogP contribution in [0.3, 0.4) is 0 Å². The van der Waals surface area contributed by atoms with E-state index in [2.05, 4.69) is 19.2 Å². The molecule has 0 unspecified atom stereocenters. The third-order valence-electron chi connectivity index (χ3n) is 3.37. The van der Waals surface area contributed by atoms with Crippen LogP contribution in [0.15, 0.2) is 0 Å². The molecule has 3 nitrogen and oxygen atoms in total. The molecular formula is C14H28N2O. The number of carbonyl (C=O) groups is 1. The number of nitrogens with zero attached hydrogens (tertiary/aromatic N) is 1. The molecule has 0 aromatic heterocycles. The lowest BCUT2D eigenvalue weighted by Crippen LogP contribution is -2.41. The van der Waals surface area contributed by atoms with Gasteiger partial charge in [0.1, 0.15) is 0 Å². The van der Waals surface area contributed by atoms with Gasteiger partial charge in [0.25, 0.3) is 0 Å². The summed E-state index contributed by atoms with van der Waals surface area (Å²) in [7, 11) is 0. The molecule has 1 rings (SSSR count). The second-order valence-electron chi connectivity index (χ2n) is 5.51. The van der Waals surface area contributed by atoms with Gasteiger partial charge in [-0.15, -0.1) is 0 Å². The quantitative estimate of drug-likeness (QED) is 0.693. The molecule has 1 fully saturated rings. The van der Waals surface area contributed by atoms with Gasteiger partial charge in [-0.2, -0.15) is 0 Å². The predicted molar refractivity (Wildman–Crippen MR) is 72.0 cm³/mol. The van der Waals surface area contributed by atoms with E-state index in [0.717, 1.165) is 25.6 Å². The number of carbonyl (C=O) groups excluding carboxylic acids is 1. The van der Waals surface area contributed by atoms with Gasteiger partial charge in [-0.3, -0.25) is 4.79 Å². The Morgan fingerprint density at radius 3 is 2.53 bits per heavy atom. The molecule has 17 heavy (non-hydrogen) atoms. The van der Waals surface area contributed by atoms with Crippen LogP contribution in [-0.2, 0) is 4.79 Å². The Labute approximate surface area is 106 Å². The van der Waals surface area contributed by atoms with E-state index in [9.17, 15) is 4.79 Å². The molecule has 0 saturated carbocycles. The molecule has 0 spiro atoms. The molecule has 100 valence electrons. The maximum absolute atomic E-state index is 11.8. The summed E-state index contributed by atoms with van der Waals surface area (Å²) in [6, 6.07) is 0. The topological polar surface area (TPSA) is 32.3 Å². The van der Waals surface area contributed by atoms with E-state index in [1.54, 1.807) is 0 Å². The molecule has 1 heterocycles. The van der Waals surface area contributed by atoms with Crippen LogP contribution in [0.2, 0.25) is 0 Å². The van der Waals surface area contributed by atoms with E-state index in [1.165, 1.54) is 38.5 Å². The van der Waals surface area contributed by atoms with E-state index in [1.807, 2.05) is 4.90 Å². The van der Waals surface area contributed by atoms with Gasteiger partial charge >= 0.3 is 0 Å². The smallest absolute Gasteiger partial charge is 0.236 e. The van der Waals surface area contributed by atoms with Crippen LogP contribution >= 0.6 is 0 Å². The standard InChI is InChI=1S/C14H28N2O/c1-13(2)8-4-5-9-15-12-14(17)16-10-6-3-7-11-16/h13,15H,3-12H2,1-2H3. The number of piperidine rings is 1. The largest absolute Gasteiger partial charge is 0.342 e. The highest BCUT2D eigenvalue weighted by Gasteiger charge is 2.15. The summed E-state index contributed by atoms with van der Waals surface area (Å²) < 4.78 is 0. The molecule has 0 radical (unpaired) electrons. The highest BCUT2D eigenvalue weighted by molar-refractivity contribution is 5.78. The van der Waals surface area contributed by atoms with Gasteiger partial charge in [-0.25, -0.2) is 0 Å². The number of nitrogens with one attached hydrogen (secondary N) is 1. The molecular weight excluding hydrogens is 212 g/mol. The van der Waals surface area contributed by atoms with E-state index < -0.39 is 0 Å². The van der Waals surface area contributed by atoms with Crippen molar-refractivity contribution in [3.05, 3.63) is 0 Å². The first-order valence-electron chi connectivity index (χ1n) is 7.18. The highest BCUT2D eigenvalue weighted by atomic mass is 16.2. The van der Waals surface area contributed by atoms with Crippen LogP contribution < -0.4 is 5.32 Å². The van der Waals surface area contributed by atoms with Crippen molar-refractivity contribution in [1.82, 2.24) is 10.2 Å². The van der Waals surface area contributed by atoms with Gasteiger partial charge in [-0.1, -0.05) is 26.7 Å². The van der Waals surface area contributed by atoms with Crippen molar-refractivity contribution in [3.63, 3.8) is 0 Å². The fourth-order valence-electron chi connectivity index (χ4n) is 2.25. The van der Waals surface area contributed by atoms with Gasteiger partial charge in [0, 0.05) is 13.1 Å². The lowest BCUT2D eigenvalue weighted by atomic mass is 10.1. The Balaban J connectivity index is 1.96. The normalized spacial score (nSPS) is 16.5. The summed E-state index contributed by atoms with van der Waals surface area (Å²) in [6.45, 7) is 7.95. The predicted octanol–water partition coefficient (Wildman–Crippen LogP) is 2.41. The Morgan fingerprint density at radius 2 is 1.88 bits per heavy atom. The summed E-state index contributed by atoms with van der Waals surface area (Å²) in [5.41, 5.74) is 0. The van der Waals surface area contributed by atoms with Gasteiger partial charge in [0.05, 0.1) is 6.54 Å². The van der Waals surface area contributed by atoms with Crippen LogP contribution in [0.1, 0.15) is 52.4 Å². The maximum Gasteiger partial charge on any atom is 0.236 e. The van der Waals surface area contributed by atoms with Crippen LogP contribution in [0, 0.1) is 5.92 Å². The van der Waals surface area contributed by atoms with E-state index in [-0.39, 0.29) is 5.91 Å². The van der Waals surface area contributed by atoms with Gasteiger partial charge in [0.15, 0.2) is 0 Å². The van der Waals surface area contributed by atoms with Crippen molar-refractivity contribution < 1.29 is 4.79 Å². The van der Waals surface area contributed by atoms with Gasteiger partial charge < -0.3 is 10.2 Å². The first kappa shape index (κ1) is 14.5. The number of amides is 1. The minimum Gasteiger partial charge on any atom is -0.342 e. The molecule has 1 amide bonds. The molecule has 0 bridgehead atoms. The third kappa shape index (κ3) is 6.67. The Morgan fingerprint density at radius 1 is 1.18 bits per heavy atom. The van der Waals surface area contributed by atoms with Crippen molar-refractivity contribution in [2.45, 2.75) is 52.4 Å². The van der Waals surface area contributed by atoms with Crippen molar-refractivity contribution >= 4 is 5.91 Å². The molecule has 0 aromatic rings. The Bertz CT molecular complexity index is 210. The van der Waals surface area contributed by atoms with Crippen molar-refractivity contribution in [2.24, 2.45) is 5.92 Å². The number of rotatable bonds is 7. The van der Waals surface area contributed by atoms with Gasteiger partial charge in [-0.05, 0) is 38.1 Å². The maximum atomic E-state index is 11.8. The minimum atomic E-state index is 0.286. The van der Waals surface area contributed by atoms with Crippen LogP contribution in [0.4, 0.5) is 0 Å². The van der Waals surface area contributed by atoms with Crippen molar-refractivity contribution in [3.8, 4) is 0 Å². The summed E-state index contributed by atoms with van der Waals surface area (Å²) >= 11 is 0. The average Bonchev–Trinajstić information content (AvgIpc) is 2.34.